The molecule has 144 valence electrons. The second-order valence-corrected chi connectivity index (χ2v) is 7.85. The van der Waals surface area contributed by atoms with Crippen LogP contribution in [0.2, 0.25) is 10.0 Å². The standard InChI is InChI=1S/C17H15Cl2NO6S/c1-25-16(21)10-20(14-6-4-3-5-12(14)17(22)26-2)27(23,24)15-9-11(18)7-8-13(15)19/h3-9H,10H2,1-2H3. The van der Waals surface area contributed by atoms with E-state index in [2.05, 4.69) is 4.74 Å². The van der Waals surface area contributed by atoms with Gasteiger partial charge in [-0.15, -0.1) is 0 Å². The molecule has 27 heavy (non-hydrogen) atoms. The lowest BCUT2D eigenvalue weighted by Crippen LogP contribution is -2.37. The van der Waals surface area contributed by atoms with Gasteiger partial charge < -0.3 is 9.47 Å². The summed E-state index contributed by atoms with van der Waals surface area (Å²) < 4.78 is 36.5. The smallest absolute Gasteiger partial charge is 0.340 e. The molecule has 0 spiro atoms. The van der Waals surface area contributed by atoms with Crippen LogP contribution in [0.3, 0.4) is 0 Å². The van der Waals surface area contributed by atoms with Crippen LogP contribution in [-0.4, -0.2) is 41.1 Å². The number of rotatable bonds is 6. The van der Waals surface area contributed by atoms with Gasteiger partial charge in [0.05, 0.1) is 30.5 Å². The van der Waals surface area contributed by atoms with Crippen LogP contribution < -0.4 is 4.31 Å². The van der Waals surface area contributed by atoms with Crippen molar-refractivity contribution >= 4 is 50.9 Å². The van der Waals surface area contributed by atoms with Crippen molar-refractivity contribution in [3.8, 4) is 0 Å². The highest BCUT2D eigenvalue weighted by Gasteiger charge is 2.32. The molecule has 0 aliphatic rings. The van der Waals surface area contributed by atoms with E-state index in [0.717, 1.165) is 24.6 Å². The van der Waals surface area contributed by atoms with Crippen LogP contribution in [0, 0.1) is 0 Å². The van der Waals surface area contributed by atoms with Gasteiger partial charge >= 0.3 is 11.9 Å². The minimum atomic E-state index is -4.37. The summed E-state index contributed by atoms with van der Waals surface area (Å²) in [6.07, 6.45) is 0. The predicted octanol–water partition coefficient (Wildman–Crippen LogP) is 3.15. The topological polar surface area (TPSA) is 90.0 Å². The van der Waals surface area contributed by atoms with Crippen LogP contribution in [0.1, 0.15) is 10.4 Å². The maximum absolute atomic E-state index is 13.2. The molecule has 0 radical (unpaired) electrons. The van der Waals surface area contributed by atoms with Crippen LogP contribution in [0.25, 0.3) is 0 Å². The number of nitrogens with zero attached hydrogens (tertiary/aromatic N) is 1. The summed E-state index contributed by atoms with van der Waals surface area (Å²) >= 11 is 11.9. The van der Waals surface area contributed by atoms with Gasteiger partial charge in [-0.1, -0.05) is 35.3 Å². The Morgan fingerprint density at radius 2 is 1.70 bits per heavy atom. The van der Waals surface area contributed by atoms with Gasteiger partial charge in [0, 0.05) is 5.02 Å². The van der Waals surface area contributed by atoms with Crippen molar-refractivity contribution in [2.24, 2.45) is 0 Å². The number of methoxy groups -OCH3 is 2. The molecule has 0 aliphatic heterocycles. The minimum absolute atomic E-state index is 0.0503. The van der Waals surface area contributed by atoms with Crippen LogP contribution in [0.4, 0.5) is 5.69 Å². The highest BCUT2D eigenvalue weighted by Crippen LogP contribution is 2.32. The van der Waals surface area contributed by atoms with E-state index in [9.17, 15) is 18.0 Å². The number of carbonyl (C=O) groups is 2. The van der Waals surface area contributed by atoms with Gasteiger partial charge in [-0.3, -0.25) is 9.10 Å². The Bertz CT molecular complexity index is 977. The summed E-state index contributed by atoms with van der Waals surface area (Å²) in [6.45, 7) is -0.685. The number of hydrogen-bond donors (Lipinski definition) is 0. The van der Waals surface area contributed by atoms with Crippen molar-refractivity contribution < 1.29 is 27.5 Å². The summed E-state index contributed by atoms with van der Waals surface area (Å²) in [5, 5.41) is 0.0436. The Kier molecular flexibility index (Phi) is 6.69. The third kappa shape index (κ3) is 4.52. The van der Waals surface area contributed by atoms with Gasteiger partial charge in [0.1, 0.15) is 11.4 Å². The number of ether oxygens (including phenoxy) is 2. The number of para-hydroxylation sites is 1. The molecule has 0 aliphatic carbocycles. The molecule has 0 heterocycles. The normalized spacial score (nSPS) is 11.0. The lowest BCUT2D eigenvalue weighted by Gasteiger charge is -2.25. The Morgan fingerprint density at radius 1 is 1.04 bits per heavy atom. The Labute approximate surface area is 166 Å². The van der Waals surface area contributed by atoms with Gasteiger partial charge in [0.15, 0.2) is 0 Å². The number of benzene rings is 2. The quantitative estimate of drug-likeness (QED) is 0.652. The minimum Gasteiger partial charge on any atom is -0.468 e. The molecule has 2 rings (SSSR count). The summed E-state index contributed by atoms with van der Waals surface area (Å²) in [6, 6.07) is 9.69. The zero-order valence-electron chi connectivity index (χ0n) is 14.3. The predicted molar refractivity (Wildman–Crippen MR) is 101 cm³/mol. The molecule has 2 aromatic rings. The van der Waals surface area contributed by atoms with Crippen LogP contribution in [0.5, 0.6) is 0 Å². The Morgan fingerprint density at radius 3 is 2.33 bits per heavy atom. The van der Waals surface area contributed by atoms with Crippen LogP contribution in [-0.2, 0) is 24.3 Å². The molecule has 0 bridgehead atoms. The molecule has 2 aromatic carbocycles. The molecule has 7 nitrogen and oxygen atoms in total. The van der Waals surface area contributed by atoms with Gasteiger partial charge in [-0.25, -0.2) is 13.2 Å². The van der Waals surface area contributed by atoms with E-state index in [4.69, 9.17) is 27.9 Å². The third-order valence-corrected chi connectivity index (χ3v) is 6.02. The Balaban J connectivity index is 2.71. The SMILES string of the molecule is COC(=O)CN(c1ccccc1C(=O)OC)S(=O)(=O)c1cc(Cl)ccc1Cl. The number of esters is 2. The van der Waals surface area contributed by atoms with E-state index in [1.54, 1.807) is 0 Å². The van der Waals surface area contributed by atoms with Gasteiger partial charge in [0.2, 0.25) is 0 Å². The summed E-state index contributed by atoms with van der Waals surface area (Å²) in [7, 11) is -2.09. The van der Waals surface area contributed by atoms with Crippen molar-refractivity contribution in [1.29, 1.82) is 0 Å². The number of anilines is 1. The second kappa shape index (κ2) is 8.60. The lowest BCUT2D eigenvalue weighted by atomic mass is 10.2. The molecule has 0 unspecified atom stereocenters. The third-order valence-electron chi connectivity index (χ3n) is 3.54. The number of hydrogen-bond acceptors (Lipinski definition) is 6. The summed E-state index contributed by atoms with van der Waals surface area (Å²) in [4.78, 5) is 23.6. The molecule has 0 fully saturated rings. The molecular weight excluding hydrogens is 417 g/mol. The van der Waals surface area contributed by atoms with E-state index in [1.807, 2.05) is 0 Å². The van der Waals surface area contributed by atoms with Gasteiger partial charge in [0.25, 0.3) is 10.0 Å². The molecule has 0 N–H and O–H groups in total. The first-order chi connectivity index (χ1) is 12.7. The van der Waals surface area contributed by atoms with Gasteiger partial charge in [-0.2, -0.15) is 0 Å². The number of carbonyl (C=O) groups excluding carboxylic acids is 2. The molecule has 0 aromatic heterocycles. The molecule has 0 atom stereocenters. The molecular formula is C17H15Cl2NO6S. The molecule has 10 heteroatoms. The number of halogens is 2. The average molecular weight is 432 g/mol. The zero-order valence-corrected chi connectivity index (χ0v) is 16.6. The van der Waals surface area contributed by atoms with E-state index >= 15 is 0 Å². The molecule has 0 saturated heterocycles. The van der Waals surface area contributed by atoms with Crippen molar-refractivity contribution in [2.75, 3.05) is 25.1 Å². The van der Waals surface area contributed by atoms with E-state index in [-0.39, 0.29) is 26.2 Å². The Hall–Kier alpha value is -2.29. The van der Waals surface area contributed by atoms with E-state index in [0.29, 0.717) is 0 Å². The molecule has 0 saturated carbocycles. The maximum Gasteiger partial charge on any atom is 0.340 e. The zero-order chi connectivity index (χ0) is 20.2. The van der Waals surface area contributed by atoms with E-state index in [1.165, 1.54) is 36.4 Å². The highest BCUT2D eigenvalue weighted by molar-refractivity contribution is 7.93. The van der Waals surface area contributed by atoms with Crippen LogP contribution in [0.15, 0.2) is 47.4 Å². The fraction of sp³-hybridized carbons (Fsp3) is 0.176. The van der Waals surface area contributed by atoms with Crippen molar-refractivity contribution in [3.05, 3.63) is 58.1 Å². The monoisotopic (exact) mass is 431 g/mol. The first kappa shape index (κ1) is 21.0. The second-order valence-electron chi connectivity index (χ2n) is 5.17. The first-order valence-corrected chi connectivity index (χ1v) is 9.64. The largest absolute Gasteiger partial charge is 0.468 e. The van der Waals surface area contributed by atoms with Crippen LogP contribution >= 0.6 is 23.2 Å². The lowest BCUT2D eigenvalue weighted by molar-refractivity contribution is -0.138. The van der Waals surface area contributed by atoms with Crippen molar-refractivity contribution in [3.63, 3.8) is 0 Å². The van der Waals surface area contributed by atoms with Gasteiger partial charge in [-0.05, 0) is 30.3 Å². The summed E-state index contributed by atoms with van der Waals surface area (Å²) in [5.74, 6) is -1.61. The highest BCUT2D eigenvalue weighted by atomic mass is 35.5. The molecule has 0 amide bonds. The van der Waals surface area contributed by atoms with Crippen molar-refractivity contribution in [2.45, 2.75) is 4.90 Å². The number of sulfonamides is 1. The first-order valence-electron chi connectivity index (χ1n) is 7.44. The maximum atomic E-state index is 13.2. The summed E-state index contributed by atoms with van der Waals surface area (Å²) in [5.41, 5.74) is -0.114. The fourth-order valence-electron chi connectivity index (χ4n) is 2.25. The average Bonchev–Trinajstić information content (AvgIpc) is 2.66. The van der Waals surface area contributed by atoms with Crippen molar-refractivity contribution in [1.82, 2.24) is 0 Å². The fourth-order valence-corrected chi connectivity index (χ4v) is 4.42. The van der Waals surface area contributed by atoms with E-state index < -0.39 is 28.5 Å².